The van der Waals surface area contributed by atoms with Gasteiger partial charge in [0.25, 0.3) is 0 Å². The van der Waals surface area contributed by atoms with Crippen LogP contribution < -0.4 is 10.1 Å². The van der Waals surface area contributed by atoms with E-state index in [9.17, 15) is 5.11 Å². The number of hydrogen-bond donors (Lipinski definition) is 2. The van der Waals surface area contributed by atoms with E-state index in [2.05, 4.69) is 16.4 Å². The van der Waals surface area contributed by atoms with Gasteiger partial charge in [-0.3, -0.25) is 4.90 Å². The van der Waals surface area contributed by atoms with Crippen molar-refractivity contribution in [3.8, 4) is 22.7 Å². The first-order valence-corrected chi connectivity index (χ1v) is 11.1. The van der Waals surface area contributed by atoms with E-state index >= 15 is 0 Å². The van der Waals surface area contributed by atoms with Gasteiger partial charge >= 0.3 is 0 Å². The lowest BCUT2D eigenvalue weighted by atomic mass is 10.1. The second kappa shape index (κ2) is 10.3. The molecular formula is C24H29ClN4O2. The Bertz CT molecular complexity index is 989. The van der Waals surface area contributed by atoms with Crippen LogP contribution in [0.25, 0.3) is 16.9 Å². The number of nitrogens with zero attached hydrogens (tertiary/aromatic N) is 3. The number of nitrogens with one attached hydrogen (secondary N) is 1. The second-order valence-corrected chi connectivity index (χ2v) is 8.31. The molecule has 0 saturated carbocycles. The monoisotopic (exact) mass is 440 g/mol. The van der Waals surface area contributed by atoms with Crippen molar-refractivity contribution in [2.24, 2.45) is 0 Å². The lowest BCUT2D eigenvalue weighted by Gasteiger charge is -2.29. The van der Waals surface area contributed by atoms with Crippen molar-refractivity contribution in [2.45, 2.75) is 25.5 Å². The number of ether oxygens (including phenoxy) is 1. The van der Waals surface area contributed by atoms with Crippen molar-refractivity contribution in [1.82, 2.24) is 20.0 Å². The third kappa shape index (κ3) is 5.46. The number of hydrogen-bond acceptors (Lipinski definition) is 5. The molecule has 2 aromatic carbocycles. The number of rotatable bonds is 8. The molecule has 1 fully saturated rings. The second-order valence-electron chi connectivity index (χ2n) is 7.90. The van der Waals surface area contributed by atoms with Gasteiger partial charge in [0.1, 0.15) is 5.75 Å². The number of benzene rings is 2. The topological polar surface area (TPSA) is 62.5 Å². The smallest absolute Gasteiger partial charge is 0.119 e. The van der Waals surface area contributed by atoms with E-state index in [-0.39, 0.29) is 6.10 Å². The minimum absolute atomic E-state index is 0.191. The van der Waals surface area contributed by atoms with Gasteiger partial charge in [-0.05, 0) is 49.7 Å². The minimum Gasteiger partial charge on any atom is -0.497 e. The summed E-state index contributed by atoms with van der Waals surface area (Å²) in [5.74, 6) is 0.812. The highest BCUT2D eigenvalue weighted by Crippen LogP contribution is 2.30. The minimum atomic E-state index is -0.191. The van der Waals surface area contributed by atoms with Crippen LogP contribution in [-0.4, -0.2) is 59.2 Å². The Morgan fingerprint density at radius 1 is 1.19 bits per heavy atom. The number of piperidine rings is 1. The standard InChI is InChI=1S/C24H29ClN4O2/c1-31-21-10-8-19(9-11-21)29-16-18(24(27-29)22-6-2-3-7-23(22)25)15-26-12-14-28-13-4-5-20(30)17-28/h2-3,6-11,16,20,26,30H,4-5,12-15,17H2,1H3/t20-/m1/s1. The molecule has 6 nitrogen and oxygen atoms in total. The quantitative estimate of drug-likeness (QED) is 0.522. The first kappa shape index (κ1) is 21.8. The Kier molecular flexibility index (Phi) is 7.25. The molecule has 7 heteroatoms. The summed E-state index contributed by atoms with van der Waals surface area (Å²) in [5, 5.41) is 18.9. The third-order valence-electron chi connectivity index (χ3n) is 5.66. The summed E-state index contributed by atoms with van der Waals surface area (Å²) in [6.07, 6.45) is 3.84. The maximum Gasteiger partial charge on any atom is 0.119 e. The summed E-state index contributed by atoms with van der Waals surface area (Å²) in [5.41, 5.74) is 3.85. The van der Waals surface area contributed by atoms with Gasteiger partial charge in [-0.15, -0.1) is 0 Å². The Morgan fingerprint density at radius 3 is 2.74 bits per heavy atom. The molecule has 0 amide bonds. The van der Waals surface area contributed by atoms with Crippen molar-refractivity contribution >= 4 is 11.6 Å². The molecule has 0 spiro atoms. The van der Waals surface area contributed by atoms with E-state index in [1.807, 2.05) is 53.2 Å². The number of likely N-dealkylation sites (tertiary alicyclic amines) is 1. The number of β-amino-alcohol motifs (C(OH)–C–C–N with tert-alkyl or cyclic N) is 1. The van der Waals surface area contributed by atoms with Crippen molar-refractivity contribution in [3.63, 3.8) is 0 Å². The summed E-state index contributed by atoms with van der Waals surface area (Å²) in [4.78, 5) is 2.32. The van der Waals surface area contributed by atoms with Crippen molar-refractivity contribution in [3.05, 3.63) is 65.3 Å². The van der Waals surface area contributed by atoms with Crippen LogP contribution in [0, 0.1) is 0 Å². The van der Waals surface area contributed by atoms with Crippen molar-refractivity contribution < 1.29 is 9.84 Å². The highest BCUT2D eigenvalue weighted by atomic mass is 35.5. The lowest BCUT2D eigenvalue weighted by Crippen LogP contribution is -2.41. The Hall–Kier alpha value is -2.38. The van der Waals surface area contributed by atoms with Crippen LogP contribution in [0.15, 0.2) is 54.7 Å². The average molecular weight is 441 g/mol. The van der Waals surface area contributed by atoms with Crippen LogP contribution >= 0.6 is 11.6 Å². The van der Waals surface area contributed by atoms with E-state index in [1.54, 1.807) is 7.11 Å². The summed E-state index contributed by atoms with van der Waals surface area (Å²) < 4.78 is 7.15. The molecule has 0 unspecified atom stereocenters. The molecule has 4 rings (SSSR count). The molecule has 3 aromatic rings. The molecule has 1 aromatic heterocycles. The zero-order valence-electron chi connectivity index (χ0n) is 17.8. The Labute approximate surface area is 188 Å². The maximum atomic E-state index is 9.85. The molecule has 1 saturated heterocycles. The molecule has 0 bridgehead atoms. The van der Waals surface area contributed by atoms with Crippen LogP contribution in [0.2, 0.25) is 5.02 Å². The van der Waals surface area contributed by atoms with Crippen LogP contribution in [0.3, 0.4) is 0 Å². The van der Waals surface area contributed by atoms with Crippen LogP contribution in [-0.2, 0) is 6.54 Å². The fraction of sp³-hybridized carbons (Fsp3) is 0.375. The van der Waals surface area contributed by atoms with Crippen LogP contribution in [0.4, 0.5) is 0 Å². The van der Waals surface area contributed by atoms with E-state index in [0.717, 1.165) is 67.3 Å². The molecule has 2 heterocycles. The molecule has 0 radical (unpaired) electrons. The lowest BCUT2D eigenvalue weighted by molar-refractivity contribution is 0.0712. The molecule has 1 aliphatic rings. The van der Waals surface area contributed by atoms with Gasteiger partial charge < -0.3 is 15.2 Å². The van der Waals surface area contributed by atoms with Crippen LogP contribution in [0.1, 0.15) is 18.4 Å². The first-order valence-electron chi connectivity index (χ1n) is 10.7. The van der Waals surface area contributed by atoms with Gasteiger partial charge in [-0.1, -0.05) is 29.8 Å². The van der Waals surface area contributed by atoms with Gasteiger partial charge in [-0.2, -0.15) is 5.10 Å². The number of aliphatic hydroxyl groups excluding tert-OH is 1. The summed E-state index contributed by atoms with van der Waals surface area (Å²) in [6.45, 7) is 4.28. The van der Waals surface area contributed by atoms with Gasteiger partial charge in [0.15, 0.2) is 0 Å². The molecule has 164 valence electrons. The third-order valence-corrected chi connectivity index (χ3v) is 5.99. The van der Waals surface area contributed by atoms with E-state index < -0.39 is 0 Å². The van der Waals surface area contributed by atoms with Gasteiger partial charge in [-0.25, -0.2) is 4.68 Å². The molecule has 1 atom stereocenters. The predicted molar refractivity (Wildman–Crippen MR) is 124 cm³/mol. The summed E-state index contributed by atoms with van der Waals surface area (Å²) in [7, 11) is 1.66. The maximum absolute atomic E-state index is 9.85. The highest BCUT2D eigenvalue weighted by Gasteiger charge is 2.18. The Morgan fingerprint density at radius 2 is 2.00 bits per heavy atom. The molecule has 2 N–H and O–H groups in total. The molecule has 0 aliphatic carbocycles. The number of halogens is 1. The van der Waals surface area contributed by atoms with E-state index in [4.69, 9.17) is 21.4 Å². The largest absolute Gasteiger partial charge is 0.497 e. The number of methoxy groups -OCH3 is 1. The highest BCUT2D eigenvalue weighted by molar-refractivity contribution is 6.33. The van der Waals surface area contributed by atoms with E-state index in [0.29, 0.717) is 11.6 Å². The van der Waals surface area contributed by atoms with Crippen LogP contribution in [0.5, 0.6) is 5.75 Å². The normalized spacial score (nSPS) is 17.1. The SMILES string of the molecule is COc1ccc(-n2cc(CNCCN3CCC[C@@H](O)C3)c(-c3ccccc3Cl)n2)cc1. The number of aliphatic hydroxyl groups is 1. The molecule has 1 aliphatic heterocycles. The Balaban J connectivity index is 1.50. The average Bonchev–Trinajstić information content (AvgIpc) is 3.21. The fourth-order valence-corrected chi connectivity index (χ4v) is 4.21. The van der Waals surface area contributed by atoms with Crippen molar-refractivity contribution in [1.29, 1.82) is 0 Å². The zero-order chi connectivity index (χ0) is 21.6. The number of aromatic nitrogens is 2. The van der Waals surface area contributed by atoms with Crippen molar-refractivity contribution in [2.75, 3.05) is 33.3 Å². The predicted octanol–water partition coefficient (Wildman–Crippen LogP) is 3.75. The molecular weight excluding hydrogens is 412 g/mol. The van der Waals surface area contributed by atoms with Gasteiger partial charge in [0.05, 0.1) is 29.6 Å². The molecule has 31 heavy (non-hydrogen) atoms. The van der Waals surface area contributed by atoms with E-state index in [1.165, 1.54) is 0 Å². The summed E-state index contributed by atoms with van der Waals surface area (Å²) in [6, 6.07) is 15.6. The zero-order valence-corrected chi connectivity index (χ0v) is 18.6. The first-order chi connectivity index (χ1) is 15.1. The van der Waals surface area contributed by atoms with Gasteiger partial charge in [0.2, 0.25) is 0 Å². The fourth-order valence-electron chi connectivity index (χ4n) is 3.98. The summed E-state index contributed by atoms with van der Waals surface area (Å²) >= 11 is 6.49. The van der Waals surface area contributed by atoms with Gasteiger partial charge in [0, 0.05) is 43.5 Å².